The molecule has 4 N–H and O–H groups in total. The molecule has 10 nitrogen and oxygen atoms in total. The highest BCUT2D eigenvalue weighted by Gasteiger charge is 2.73. The number of nitriles is 1. The molecule has 13 heteroatoms. The minimum absolute atomic E-state index is 0.0339. The van der Waals surface area contributed by atoms with Crippen LogP contribution in [0.3, 0.4) is 0 Å². The summed E-state index contributed by atoms with van der Waals surface area (Å²) >= 11 is 0. The number of nitrogens with one attached hydrogen (secondary N) is 4. The molecule has 0 radical (unpaired) electrons. The lowest BCUT2D eigenvalue weighted by atomic mass is 9.76. The van der Waals surface area contributed by atoms with Crippen molar-refractivity contribution in [2.24, 2.45) is 11.8 Å². The smallest absolute Gasteiger partial charge is 0.356 e. The van der Waals surface area contributed by atoms with Gasteiger partial charge < -0.3 is 20.7 Å². The van der Waals surface area contributed by atoms with Gasteiger partial charge in [0.1, 0.15) is 17.9 Å². The van der Waals surface area contributed by atoms with Crippen molar-refractivity contribution in [1.29, 1.82) is 5.26 Å². The molecule has 34 heavy (non-hydrogen) atoms. The summed E-state index contributed by atoms with van der Waals surface area (Å²) in [7, 11) is 0. The van der Waals surface area contributed by atoms with Gasteiger partial charge in [0.2, 0.25) is 11.8 Å². The second-order valence-electron chi connectivity index (χ2n) is 10.2. The molecular weight excluding hydrogens is 457 g/mol. The Morgan fingerprint density at radius 1 is 1.38 bits per heavy atom. The number of hydrogen-bond acceptors (Lipinski definition) is 7. The third-order valence-electron chi connectivity index (χ3n) is 7.79. The molecule has 6 atom stereocenters. The highest BCUT2D eigenvalue weighted by atomic mass is 19.4. The van der Waals surface area contributed by atoms with E-state index < -0.39 is 46.8 Å². The maximum absolute atomic E-state index is 13.1. The van der Waals surface area contributed by atoms with E-state index in [0.29, 0.717) is 25.8 Å². The lowest BCUT2D eigenvalue weighted by Gasteiger charge is -2.55. The zero-order valence-corrected chi connectivity index (χ0v) is 18.8. The zero-order valence-electron chi connectivity index (χ0n) is 18.8. The van der Waals surface area contributed by atoms with Gasteiger partial charge in [0.25, 0.3) is 0 Å². The standard InChI is InChI=1S/C21H27F3N6O4/c1-18(2)19(10-31,28-17(34)21(22,23)24)9-30-14(6-12-7-20(12,30)29-18)16(33)27-13(8-25)5-11-3-4-26-15(11)32/h10-14,29H,3-7,9H2,1-2H3,(H,26,32)(H,27,33)(H,28,34)/t11?,12-,13-,14-,19-,20+/m0/s1. The summed E-state index contributed by atoms with van der Waals surface area (Å²) in [5.41, 5.74) is -3.84. The van der Waals surface area contributed by atoms with Gasteiger partial charge >= 0.3 is 12.1 Å². The monoisotopic (exact) mass is 484 g/mol. The first-order valence-corrected chi connectivity index (χ1v) is 11.2. The second kappa shape index (κ2) is 7.91. The molecule has 1 aliphatic carbocycles. The lowest BCUT2D eigenvalue weighted by molar-refractivity contribution is -0.178. The van der Waals surface area contributed by atoms with E-state index in [4.69, 9.17) is 0 Å². The highest BCUT2D eigenvalue weighted by Crippen LogP contribution is 2.59. The van der Waals surface area contributed by atoms with Gasteiger partial charge in [-0.05, 0) is 45.4 Å². The number of nitrogens with zero attached hydrogens (tertiary/aromatic N) is 2. The Labute approximate surface area is 194 Å². The second-order valence-corrected chi connectivity index (χ2v) is 10.2. The topological polar surface area (TPSA) is 143 Å². The molecule has 4 aliphatic rings. The molecule has 0 aromatic rings. The quantitative estimate of drug-likeness (QED) is 0.366. The van der Waals surface area contributed by atoms with Crippen LogP contribution in [0.4, 0.5) is 13.2 Å². The highest BCUT2D eigenvalue weighted by molar-refractivity contribution is 5.88. The number of carbonyl (C=O) groups is 4. The van der Waals surface area contributed by atoms with Crippen LogP contribution in [0.5, 0.6) is 0 Å². The summed E-state index contributed by atoms with van der Waals surface area (Å²) in [6.45, 7) is 3.31. The first-order valence-electron chi connectivity index (χ1n) is 11.2. The van der Waals surface area contributed by atoms with E-state index in [-0.39, 0.29) is 37.0 Å². The average molecular weight is 484 g/mol. The van der Waals surface area contributed by atoms with Crippen LogP contribution in [-0.4, -0.2) is 77.0 Å². The Kier molecular flexibility index (Phi) is 5.68. The molecule has 186 valence electrons. The Morgan fingerprint density at radius 3 is 2.65 bits per heavy atom. The van der Waals surface area contributed by atoms with E-state index >= 15 is 0 Å². The van der Waals surface area contributed by atoms with Crippen LogP contribution >= 0.6 is 0 Å². The van der Waals surface area contributed by atoms with Gasteiger partial charge in [0, 0.05) is 24.5 Å². The third-order valence-corrected chi connectivity index (χ3v) is 7.79. The fourth-order valence-electron chi connectivity index (χ4n) is 5.71. The fraction of sp³-hybridized carbons (Fsp3) is 0.762. The Balaban J connectivity index is 1.53. The molecule has 1 saturated carbocycles. The van der Waals surface area contributed by atoms with Gasteiger partial charge in [0.05, 0.1) is 17.8 Å². The van der Waals surface area contributed by atoms with E-state index in [1.54, 1.807) is 18.7 Å². The fourth-order valence-corrected chi connectivity index (χ4v) is 5.71. The number of rotatable bonds is 6. The van der Waals surface area contributed by atoms with Crippen molar-refractivity contribution in [2.75, 3.05) is 13.1 Å². The normalized spacial score (nSPS) is 36.9. The first-order chi connectivity index (χ1) is 15.8. The maximum Gasteiger partial charge on any atom is 0.471 e. The SMILES string of the molecule is CC1(C)N[C@@]23C[C@@H]2C[C@@H](C(=O)N[C@H](C#N)CC2CCNC2=O)N3C[C@@]1(C=O)NC(=O)C(F)(F)F. The molecule has 0 aromatic heterocycles. The van der Waals surface area contributed by atoms with Crippen LogP contribution in [0.1, 0.15) is 39.5 Å². The molecule has 1 spiro atoms. The summed E-state index contributed by atoms with van der Waals surface area (Å²) in [4.78, 5) is 50.5. The van der Waals surface area contributed by atoms with Gasteiger partial charge in [0.15, 0.2) is 0 Å². The predicted octanol–water partition coefficient (Wildman–Crippen LogP) is -0.691. The summed E-state index contributed by atoms with van der Waals surface area (Å²) in [6.07, 6.45) is -3.14. The van der Waals surface area contributed by atoms with Gasteiger partial charge in [-0.2, -0.15) is 18.4 Å². The van der Waals surface area contributed by atoms with Gasteiger partial charge in [-0.1, -0.05) is 0 Å². The van der Waals surface area contributed by atoms with Gasteiger partial charge in [-0.3, -0.25) is 24.6 Å². The van der Waals surface area contributed by atoms with Gasteiger partial charge in [-0.25, -0.2) is 0 Å². The average Bonchev–Trinajstić information content (AvgIpc) is 3.11. The van der Waals surface area contributed by atoms with E-state index in [1.165, 1.54) is 0 Å². The van der Waals surface area contributed by atoms with Crippen molar-refractivity contribution in [3.8, 4) is 6.07 Å². The number of halogens is 3. The third kappa shape index (κ3) is 3.82. The minimum atomic E-state index is -5.18. The van der Waals surface area contributed by atoms with Crippen molar-refractivity contribution in [2.45, 2.75) is 74.5 Å². The molecule has 0 bridgehead atoms. The van der Waals surface area contributed by atoms with E-state index in [0.717, 1.165) is 0 Å². The number of piperidine rings is 1. The van der Waals surface area contributed by atoms with Crippen LogP contribution < -0.4 is 21.3 Å². The van der Waals surface area contributed by atoms with Crippen molar-refractivity contribution in [1.82, 2.24) is 26.2 Å². The predicted molar refractivity (Wildman–Crippen MR) is 109 cm³/mol. The summed E-state index contributed by atoms with van der Waals surface area (Å²) in [5.74, 6) is -3.26. The Hall–Kier alpha value is -2.72. The molecule has 1 unspecified atom stereocenters. The van der Waals surface area contributed by atoms with Crippen molar-refractivity contribution < 1.29 is 32.3 Å². The van der Waals surface area contributed by atoms with Crippen LogP contribution in [0, 0.1) is 23.2 Å². The summed E-state index contributed by atoms with van der Waals surface area (Å²) in [6, 6.07) is 0.275. The number of hydrogen-bond donors (Lipinski definition) is 4. The Bertz CT molecular complexity index is 965. The van der Waals surface area contributed by atoms with Gasteiger partial charge in [-0.15, -0.1) is 0 Å². The minimum Gasteiger partial charge on any atom is -0.356 e. The Morgan fingerprint density at radius 2 is 2.09 bits per heavy atom. The van der Waals surface area contributed by atoms with Crippen LogP contribution in [-0.2, 0) is 19.2 Å². The molecule has 3 amide bonds. The van der Waals surface area contributed by atoms with Crippen LogP contribution in [0.25, 0.3) is 0 Å². The molecule has 3 aliphatic heterocycles. The zero-order chi connectivity index (χ0) is 25.1. The lowest BCUT2D eigenvalue weighted by Crippen LogP contribution is -2.82. The molecule has 3 heterocycles. The van der Waals surface area contributed by atoms with Crippen molar-refractivity contribution in [3.05, 3.63) is 0 Å². The number of aldehydes is 1. The number of alkyl halides is 3. The summed E-state index contributed by atoms with van der Waals surface area (Å²) in [5, 5.41) is 19.9. The van der Waals surface area contributed by atoms with E-state index in [1.807, 2.05) is 11.4 Å². The van der Waals surface area contributed by atoms with Crippen LogP contribution in [0.15, 0.2) is 0 Å². The first kappa shape index (κ1) is 24.4. The van der Waals surface area contributed by atoms with Crippen molar-refractivity contribution in [3.63, 3.8) is 0 Å². The van der Waals surface area contributed by atoms with Crippen molar-refractivity contribution >= 4 is 24.0 Å². The number of carbonyl (C=O) groups excluding carboxylic acids is 4. The number of amides is 3. The summed E-state index contributed by atoms with van der Waals surface area (Å²) < 4.78 is 39.0. The molecule has 3 saturated heterocycles. The largest absolute Gasteiger partial charge is 0.471 e. The molecule has 0 aromatic carbocycles. The van der Waals surface area contributed by atoms with E-state index in [9.17, 15) is 37.6 Å². The van der Waals surface area contributed by atoms with Crippen LogP contribution in [0.2, 0.25) is 0 Å². The maximum atomic E-state index is 13.1. The molecule has 4 rings (SSSR count). The molecule has 4 fully saturated rings. The molecular formula is C21H27F3N6O4. The van der Waals surface area contributed by atoms with E-state index in [2.05, 4.69) is 16.0 Å².